The first-order chi connectivity index (χ1) is 13.3. The average molecular weight is 369 g/mol. The van der Waals surface area contributed by atoms with Crippen LogP contribution in [0.15, 0.2) is 18.2 Å². The number of rotatable bonds is 6. The van der Waals surface area contributed by atoms with E-state index in [4.69, 9.17) is 4.74 Å². The molecule has 0 bridgehead atoms. The van der Waals surface area contributed by atoms with Crippen LogP contribution in [0.4, 0.5) is 0 Å². The lowest BCUT2D eigenvalue weighted by Gasteiger charge is -2.42. The van der Waals surface area contributed by atoms with E-state index in [2.05, 4.69) is 25.1 Å². The average Bonchev–Trinajstić information content (AvgIpc) is 2.72. The molecular formula is C26H40O. The first-order valence-corrected chi connectivity index (χ1v) is 11.9. The lowest BCUT2D eigenvalue weighted by Crippen LogP contribution is -2.33. The zero-order valence-corrected chi connectivity index (χ0v) is 17.7. The Labute approximate surface area is 167 Å². The Morgan fingerprint density at radius 2 is 1.78 bits per heavy atom. The summed E-state index contributed by atoms with van der Waals surface area (Å²) in [5, 5.41) is 0. The smallest absolute Gasteiger partial charge is 0.0574 e. The van der Waals surface area contributed by atoms with E-state index in [0.29, 0.717) is 6.10 Å². The van der Waals surface area contributed by atoms with Crippen LogP contribution >= 0.6 is 0 Å². The van der Waals surface area contributed by atoms with Gasteiger partial charge in [0, 0.05) is 7.11 Å². The Kier molecular flexibility index (Phi) is 6.58. The van der Waals surface area contributed by atoms with Crippen LogP contribution in [0.2, 0.25) is 0 Å². The van der Waals surface area contributed by atoms with Gasteiger partial charge in [-0.15, -0.1) is 0 Å². The van der Waals surface area contributed by atoms with E-state index in [1.807, 2.05) is 7.11 Å². The van der Waals surface area contributed by atoms with Crippen LogP contribution in [0.1, 0.15) is 100 Å². The minimum absolute atomic E-state index is 0.539. The molecule has 0 aliphatic heterocycles. The van der Waals surface area contributed by atoms with E-state index in [-0.39, 0.29) is 0 Å². The highest BCUT2D eigenvalue weighted by atomic mass is 16.5. The third-order valence-corrected chi connectivity index (χ3v) is 8.15. The molecule has 0 N–H and O–H groups in total. The van der Waals surface area contributed by atoms with Crippen molar-refractivity contribution in [1.82, 2.24) is 0 Å². The molecule has 0 radical (unpaired) electrons. The number of aryl methyl sites for hydroxylation is 1. The molecule has 27 heavy (non-hydrogen) atoms. The molecule has 2 fully saturated rings. The van der Waals surface area contributed by atoms with Crippen molar-refractivity contribution in [1.29, 1.82) is 0 Å². The van der Waals surface area contributed by atoms with Gasteiger partial charge in [0.1, 0.15) is 0 Å². The van der Waals surface area contributed by atoms with Crippen molar-refractivity contribution in [3.05, 3.63) is 34.9 Å². The molecule has 0 heterocycles. The number of hydrogen-bond acceptors (Lipinski definition) is 1. The van der Waals surface area contributed by atoms with Gasteiger partial charge in [-0.05, 0) is 98.1 Å². The maximum atomic E-state index is 5.65. The van der Waals surface area contributed by atoms with Crippen molar-refractivity contribution in [2.24, 2.45) is 17.8 Å². The molecule has 0 amide bonds. The minimum Gasteiger partial charge on any atom is -0.381 e. The van der Waals surface area contributed by atoms with Gasteiger partial charge in [0.25, 0.3) is 0 Å². The fourth-order valence-electron chi connectivity index (χ4n) is 6.40. The number of ether oxygens (including phenoxy) is 1. The van der Waals surface area contributed by atoms with Crippen molar-refractivity contribution in [3.63, 3.8) is 0 Å². The molecule has 0 spiro atoms. The van der Waals surface area contributed by atoms with E-state index in [9.17, 15) is 0 Å². The largest absolute Gasteiger partial charge is 0.381 e. The Morgan fingerprint density at radius 3 is 2.63 bits per heavy atom. The molecule has 150 valence electrons. The Balaban J connectivity index is 1.36. The normalized spacial score (nSPS) is 33.3. The molecule has 0 saturated heterocycles. The predicted octanol–water partition coefficient (Wildman–Crippen LogP) is 7.07. The van der Waals surface area contributed by atoms with Crippen molar-refractivity contribution >= 4 is 0 Å². The highest BCUT2D eigenvalue weighted by Gasteiger charge is 2.36. The third-order valence-electron chi connectivity index (χ3n) is 8.15. The SMILES string of the molecule is CCCCCC1CCc2cc(C3CCC4CC(OC)CCC4C3)ccc2C1. The van der Waals surface area contributed by atoms with Gasteiger partial charge < -0.3 is 4.74 Å². The van der Waals surface area contributed by atoms with Crippen molar-refractivity contribution in [3.8, 4) is 0 Å². The second kappa shape index (κ2) is 9.12. The minimum atomic E-state index is 0.539. The number of unbranched alkanes of at least 4 members (excludes halogenated alkanes) is 2. The van der Waals surface area contributed by atoms with Gasteiger partial charge in [0.2, 0.25) is 0 Å². The van der Waals surface area contributed by atoms with Crippen LogP contribution in [-0.4, -0.2) is 13.2 Å². The summed E-state index contributed by atoms with van der Waals surface area (Å²) in [5.41, 5.74) is 5.01. The molecule has 4 rings (SSSR count). The van der Waals surface area contributed by atoms with Gasteiger partial charge in [-0.2, -0.15) is 0 Å². The van der Waals surface area contributed by atoms with Crippen LogP contribution in [0, 0.1) is 17.8 Å². The Morgan fingerprint density at radius 1 is 0.926 bits per heavy atom. The summed E-state index contributed by atoms with van der Waals surface area (Å²) in [5.74, 6) is 3.65. The summed E-state index contributed by atoms with van der Waals surface area (Å²) >= 11 is 0. The number of methoxy groups -OCH3 is 1. The fraction of sp³-hybridized carbons (Fsp3) is 0.769. The Hall–Kier alpha value is -0.820. The predicted molar refractivity (Wildman–Crippen MR) is 114 cm³/mol. The zero-order chi connectivity index (χ0) is 18.6. The lowest BCUT2D eigenvalue weighted by atomic mass is 9.65. The fourth-order valence-corrected chi connectivity index (χ4v) is 6.40. The number of fused-ring (bicyclic) bond motifs is 2. The summed E-state index contributed by atoms with van der Waals surface area (Å²) in [6.07, 6.45) is 18.5. The van der Waals surface area contributed by atoms with Gasteiger partial charge >= 0.3 is 0 Å². The topological polar surface area (TPSA) is 9.23 Å². The van der Waals surface area contributed by atoms with E-state index < -0.39 is 0 Å². The van der Waals surface area contributed by atoms with Gasteiger partial charge in [0.15, 0.2) is 0 Å². The van der Waals surface area contributed by atoms with Crippen molar-refractivity contribution in [2.45, 2.75) is 102 Å². The van der Waals surface area contributed by atoms with Crippen LogP contribution in [-0.2, 0) is 17.6 Å². The highest BCUT2D eigenvalue weighted by Crippen LogP contribution is 2.47. The molecule has 0 aromatic heterocycles. The summed E-state index contributed by atoms with van der Waals surface area (Å²) in [6.45, 7) is 2.31. The first-order valence-electron chi connectivity index (χ1n) is 11.9. The van der Waals surface area contributed by atoms with Gasteiger partial charge in [-0.1, -0.05) is 50.8 Å². The summed E-state index contributed by atoms with van der Waals surface area (Å²) < 4.78 is 5.65. The molecular weight excluding hydrogens is 328 g/mol. The van der Waals surface area contributed by atoms with Crippen LogP contribution in [0.3, 0.4) is 0 Å². The standard InChI is InChI=1S/C26H40O/c1-3-4-5-6-19-7-8-21-16-22(10-9-20(21)15-19)23-11-12-25-18-26(27-2)14-13-24(25)17-23/h9-10,16,19,23-26H,3-8,11-15,17-18H2,1-2H3. The zero-order valence-electron chi connectivity index (χ0n) is 17.7. The maximum Gasteiger partial charge on any atom is 0.0574 e. The van der Waals surface area contributed by atoms with E-state index >= 15 is 0 Å². The molecule has 3 aliphatic rings. The van der Waals surface area contributed by atoms with E-state index in [0.717, 1.165) is 23.7 Å². The molecule has 1 nitrogen and oxygen atoms in total. The second-order valence-electron chi connectivity index (χ2n) is 9.83. The number of benzene rings is 1. The van der Waals surface area contributed by atoms with E-state index in [1.165, 1.54) is 83.5 Å². The molecule has 3 aliphatic carbocycles. The van der Waals surface area contributed by atoms with Gasteiger partial charge in [-0.3, -0.25) is 0 Å². The highest BCUT2D eigenvalue weighted by molar-refractivity contribution is 5.36. The third kappa shape index (κ3) is 4.61. The second-order valence-corrected chi connectivity index (χ2v) is 9.83. The molecule has 1 heteroatoms. The number of hydrogen-bond donors (Lipinski definition) is 0. The van der Waals surface area contributed by atoms with Crippen molar-refractivity contribution < 1.29 is 4.74 Å². The summed E-state index contributed by atoms with van der Waals surface area (Å²) in [7, 11) is 1.90. The quantitative estimate of drug-likeness (QED) is 0.488. The first kappa shape index (κ1) is 19.5. The van der Waals surface area contributed by atoms with Gasteiger partial charge in [-0.25, -0.2) is 0 Å². The monoisotopic (exact) mass is 368 g/mol. The van der Waals surface area contributed by atoms with Crippen LogP contribution in [0.25, 0.3) is 0 Å². The summed E-state index contributed by atoms with van der Waals surface area (Å²) in [4.78, 5) is 0. The van der Waals surface area contributed by atoms with Crippen molar-refractivity contribution in [2.75, 3.05) is 7.11 Å². The van der Waals surface area contributed by atoms with Gasteiger partial charge in [0.05, 0.1) is 6.10 Å². The van der Waals surface area contributed by atoms with E-state index in [1.54, 1.807) is 16.7 Å². The summed E-state index contributed by atoms with van der Waals surface area (Å²) in [6, 6.07) is 7.62. The van der Waals surface area contributed by atoms with Crippen LogP contribution in [0.5, 0.6) is 0 Å². The molecule has 5 atom stereocenters. The van der Waals surface area contributed by atoms with Crippen LogP contribution < -0.4 is 0 Å². The maximum absolute atomic E-state index is 5.65. The molecule has 1 aromatic carbocycles. The molecule has 2 saturated carbocycles. The molecule has 5 unspecified atom stereocenters. The Bertz CT molecular complexity index is 606. The lowest BCUT2D eigenvalue weighted by molar-refractivity contribution is 0.0123. The molecule has 1 aromatic rings.